The summed E-state index contributed by atoms with van der Waals surface area (Å²) in [5.41, 5.74) is 12.4. The average molecular weight is 639 g/mol. The third-order valence-electron chi connectivity index (χ3n) is 7.58. The molecule has 2 aliphatic rings. The van der Waals surface area contributed by atoms with Gasteiger partial charge >= 0.3 is 5.69 Å². The van der Waals surface area contributed by atoms with Gasteiger partial charge in [-0.15, -0.1) is 0 Å². The Morgan fingerprint density at radius 2 is 1.22 bits per heavy atom. The zero-order valence-corrected chi connectivity index (χ0v) is 26.9. The predicted molar refractivity (Wildman–Crippen MR) is 176 cm³/mol. The molecule has 0 spiro atoms. The fourth-order valence-electron chi connectivity index (χ4n) is 5.34. The maximum atomic E-state index is 11.3. The van der Waals surface area contributed by atoms with E-state index in [1.165, 1.54) is 7.11 Å². The Bertz CT molecular complexity index is 1590. The summed E-state index contributed by atoms with van der Waals surface area (Å²) in [5.74, 6) is 0.952. The number of rotatable bonds is 7. The Balaban J connectivity index is 0.000000199. The molecule has 0 amide bonds. The molecule has 0 aliphatic carbocycles. The van der Waals surface area contributed by atoms with Crippen LogP contribution in [0.1, 0.15) is 0 Å². The second kappa shape index (κ2) is 15.9. The number of aliphatic hydroxyl groups excluding tert-OH is 1. The standard InChI is InChI=1S/C15H18N4O4.C15H20N4O2.CH4O/c1-17-10-11(9-16-17)12-7-14(19(20)21)15(22-2)8-13(12)18-3-5-23-6-4-18;1-18-10-11(9-17-18)12-7-13(16)15(20-2)8-14(12)19-3-5-21-6-4-19;1-2/h7-10H,3-6H2,1-2H3;7-10H,3-6,16H2,1-2H3;2H,1H3. The predicted octanol–water partition coefficient (Wildman–Crippen LogP) is 2.96. The minimum Gasteiger partial charge on any atom is -0.495 e. The smallest absolute Gasteiger partial charge is 0.311 e. The van der Waals surface area contributed by atoms with Crippen LogP contribution in [0.2, 0.25) is 0 Å². The molecular weight excluding hydrogens is 596 g/mol. The first kappa shape index (κ1) is 34.0. The van der Waals surface area contributed by atoms with Gasteiger partial charge in [0.05, 0.1) is 63.7 Å². The molecule has 0 unspecified atom stereocenters. The van der Waals surface area contributed by atoms with Crippen molar-refractivity contribution in [3.8, 4) is 33.8 Å². The first-order chi connectivity index (χ1) is 22.3. The lowest BCUT2D eigenvalue weighted by molar-refractivity contribution is -0.385. The van der Waals surface area contributed by atoms with Crippen LogP contribution in [0.25, 0.3) is 22.3 Å². The van der Waals surface area contributed by atoms with Crippen LogP contribution >= 0.6 is 0 Å². The first-order valence-corrected chi connectivity index (χ1v) is 14.7. The summed E-state index contributed by atoms with van der Waals surface area (Å²) in [6.07, 6.45) is 7.39. The molecule has 15 nitrogen and oxygen atoms in total. The third kappa shape index (κ3) is 7.85. The van der Waals surface area contributed by atoms with Gasteiger partial charge in [-0.3, -0.25) is 19.5 Å². The monoisotopic (exact) mass is 638 g/mol. The van der Waals surface area contributed by atoms with Gasteiger partial charge in [0.15, 0.2) is 5.75 Å². The fourth-order valence-corrected chi connectivity index (χ4v) is 5.34. The van der Waals surface area contributed by atoms with E-state index in [0.717, 1.165) is 80.1 Å². The van der Waals surface area contributed by atoms with E-state index in [-0.39, 0.29) is 11.4 Å². The quantitative estimate of drug-likeness (QED) is 0.173. The van der Waals surface area contributed by atoms with Crippen LogP contribution in [0, 0.1) is 10.1 Å². The van der Waals surface area contributed by atoms with Crippen LogP contribution in [0.5, 0.6) is 11.5 Å². The van der Waals surface area contributed by atoms with Gasteiger partial charge in [0.1, 0.15) is 5.75 Å². The van der Waals surface area contributed by atoms with E-state index in [4.69, 9.17) is 29.8 Å². The van der Waals surface area contributed by atoms with Gasteiger partial charge in [-0.2, -0.15) is 10.2 Å². The van der Waals surface area contributed by atoms with Crippen molar-refractivity contribution in [2.24, 2.45) is 14.1 Å². The van der Waals surface area contributed by atoms with E-state index in [9.17, 15) is 10.1 Å². The number of benzene rings is 2. The number of methoxy groups -OCH3 is 2. The van der Waals surface area contributed by atoms with Crippen LogP contribution < -0.4 is 25.0 Å². The van der Waals surface area contributed by atoms with Crippen molar-refractivity contribution in [2.75, 3.05) is 89.5 Å². The number of ether oxygens (including phenoxy) is 4. The average Bonchev–Trinajstić information content (AvgIpc) is 3.73. The molecule has 6 rings (SSSR count). The van der Waals surface area contributed by atoms with E-state index in [1.54, 1.807) is 34.8 Å². The topological polar surface area (TPSA) is 168 Å². The maximum Gasteiger partial charge on any atom is 0.311 e. The van der Waals surface area contributed by atoms with Crippen molar-refractivity contribution in [3.05, 3.63) is 59.2 Å². The number of nitrogens with two attached hydrogens (primary N) is 1. The summed E-state index contributed by atoms with van der Waals surface area (Å²) < 4.78 is 24.9. The number of hydrogen-bond acceptors (Lipinski definition) is 12. The van der Waals surface area contributed by atoms with Crippen LogP contribution in [-0.4, -0.2) is 104 Å². The Morgan fingerprint density at radius 1 is 0.783 bits per heavy atom. The van der Waals surface area contributed by atoms with E-state index in [2.05, 4.69) is 20.0 Å². The second-order valence-electron chi connectivity index (χ2n) is 10.4. The Hall–Kier alpha value is -4.86. The Labute approximate surface area is 267 Å². The number of morpholine rings is 2. The largest absolute Gasteiger partial charge is 0.495 e. The molecule has 2 fully saturated rings. The van der Waals surface area contributed by atoms with Crippen molar-refractivity contribution in [2.45, 2.75) is 0 Å². The molecule has 46 heavy (non-hydrogen) atoms. The Kier molecular flexibility index (Phi) is 11.8. The SMILES string of the molecule is CO.COc1cc(N2CCOCC2)c(-c2cnn(C)c2)cc1N.COc1cc(N2CCOCC2)c(-c2cnn(C)c2)cc1[N+](=O)[O-]. The summed E-state index contributed by atoms with van der Waals surface area (Å²) >= 11 is 0. The number of aryl methyl sites for hydroxylation is 2. The number of aliphatic hydroxyl groups is 1. The molecule has 0 radical (unpaired) electrons. The molecule has 0 atom stereocenters. The molecule has 248 valence electrons. The summed E-state index contributed by atoms with van der Waals surface area (Å²) in [7, 11) is 7.80. The molecule has 4 aromatic rings. The number of nitrogen functional groups attached to an aromatic ring is 1. The van der Waals surface area contributed by atoms with Crippen LogP contribution in [-0.2, 0) is 23.6 Å². The van der Waals surface area contributed by atoms with Crippen LogP contribution in [0.3, 0.4) is 0 Å². The molecule has 15 heteroatoms. The van der Waals surface area contributed by atoms with Gasteiger partial charge in [0.2, 0.25) is 0 Å². The lowest BCUT2D eigenvalue weighted by atomic mass is 10.0. The number of hydrogen-bond donors (Lipinski definition) is 2. The summed E-state index contributed by atoms with van der Waals surface area (Å²) in [4.78, 5) is 15.3. The van der Waals surface area contributed by atoms with Crippen LogP contribution in [0.15, 0.2) is 49.1 Å². The number of anilines is 3. The fraction of sp³-hybridized carbons (Fsp3) is 0.419. The molecule has 2 saturated heterocycles. The molecule has 0 bridgehead atoms. The highest BCUT2D eigenvalue weighted by Gasteiger charge is 2.24. The molecule has 2 aliphatic heterocycles. The lowest BCUT2D eigenvalue weighted by Crippen LogP contribution is -2.36. The highest BCUT2D eigenvalue weighted by molar-refractivity contribution is 5.84. The maximum absolute atomic E-state index is 11.3. The molecule has 3 N–H and O–H groups in total. The van der Waals surface area contributed by atoms with E-state index in [1.807, 2.05) is 44.8 Å². The van der Waals surface area contributed by atoms with E-state index in [0.29, 0.717) is 24.7 Å². The van der Waals surface area contributed by atoms with Crippen molar-refractivity contribution < 1.29 is 29.0 Å². The molecule has 2 aromatic heterocycles. The van der Waals surface area contributed by atoms with Gasteiger partial charge < -0.3 is 39.6 Å². The van der Waals surface area contributed by atoms with Crippen molar-refractivity contribution in [1.82, 2.24) is 19.6 Å². The van der Waals surface area contributed by atoms with Gasteiger partial charge in [0.25, 0.3) is 0 Å². The highest BCUT2D eigenvalue weighted by atomic mass is 16.6. The van der Waals surface area contributed by atoms with Gasteiger partial charge in [-0.1, -0.05) is 0 Å². The summed E-state index contributed by atoms with van der Waals surface area (Å²) in [6, 6.07) is 7.25. The summed E-state index contributed by atoms with van der Waals surface area (Å²) in [6.45, 7) is 5.92. The minimum absolute atomic E-state index is 0.0524. The lowest BCUT2D eigenvalue weighted by Gasteiger charge is -2.31. The van der Waals surface area contributed by atoms with Crippen molar-refractivity contribution >= 4 is 22.7 Å². The van der Waals surface area contributed by atoms with Gasteiger partial charge in [-0.05, 0) is 6.07 Å². The molecular formula is C31H42N8O7. The van der Waals surface area contributed by atoms with Crippen molar-refractivity contribution in [1.29, 1.82) is 0 Å². The molecule has 0 saturated carbocycles. The number of nitrogens with zero attached hydrogens (tertiary/aromatic N) is 7. The normalized spacial score (nSPS) is 14.5. The number of aromatic nitrogens is 4. The third-order valence-corrected chi connectivity index (χ3v) is 7.58. The van der Waals surface area contributed by atoms with E-state index < -0.39 is 4.92 Å². The number of nitro benzene ring substituents is 1. The molecule has 2 aromatic carbocycles. The zero-order valence-electron chi connectivity index (χ0n) is 26.9. The van der Waals surface area contributed by atoms with Crippen LogP contribution in [0.4, 0.5) is 22.7 Å². The summed E-state index contributed by atoms with van der Waals surface area (Å²) in [5, 5.41) is 26.7. The molecule has 4 heterocycles. The first-order valence-electron chi connectivity index (χ1n) is 14.7. The number of nitro groups is 1. The van der Waals surface area contributed by atoms with Gasteiger partial charge in [0, 0.05) is 112 Å². The van der Waals surface area contributed by atoms with Crippen molar-refractivity contribution in [3.63, 3.8) is 0 Å². The minimum atomic E-state index is -0.429. The second-order valence-corrected chi connectivity index (χ2v) is 10.4. The van der Waals surface area contributed by atoms with Gasteiger partial charge in [-0.25, -0.2) is 0 Å². The highest BCUT2D eigenvalue weighted by Crippen LogP contribution is 2.41. The zero-order chi connectivity index (χ0) is 33.2. The Morgan fingerprint density at radius 3 is 1.61 bits per heavy atom. The van der Waals surface area contributed by atoms with E-state index >= 15 is 0 Å².